The molecule has 0 amide bonds. The van der Waals surface area contributed by atoms with E-state index in [9.17, 15) is 0 Å². The van der Waals surface area contributed by atoms with Gasteiger partial charge in [-0.3, -0.25) is 0 Å². The van der Waals surface area contributed by atoms with Crippen LogP contribution >= 0.6 is 0 Å². The van der Waals surface area contributed by atoms with Crippen LogP contribution in [0.2, 0.25) is 0 Å². The highest BCUT2D eigenvalue weighted by atomic mass is 16.7. The van der Waals surface area contributed by atoms with Crippen LogP contribution in [0.1, 0.15) is 69.8 Å². The van der Waals surface area contributed by atoms with Crippen LogP contribution in [0.3, 0.4) is 0 Å². The van der Waals surface area contributed by atoms with Gasteiger partial charge in [0.2, 0.25) is 6.29 Å². The summed E-state index contributed by atoms with van der Waals surface area (Å²) in [5.41, 5.74) is 3.38. The Morgan fingerprint density at radius 1 is 0.700 bits per heavy atom. The summed E-state index contributed by atoms with van der Waals surface area (Å²) >= 11 is 0. The van der Waals surface area contributed by atoms with Gasteiger partial charge in [-0.25, -0.2) is 0 Å². The van der Waals surface area contributed by atoms with Crippen LogP contribution in [0.5, 0.6) is 5.75 Å². The van der Waals surface area contributed by atoms with E-state index in [-0.39, 0.29) is 11.5 Å². The monoisotopic (exact) mass is 402 g/mol. The predicted octanol–water partition coefficient (Wildman–Crippen LogP) is 7.76. The van der Waals surface area contributed by atoms with Crippen LogP contribution in [0.25, 0.3) is 0 Å². The topological polar surface area (TPSA) is 18.5 Å². The van der Waals surface area contributed by atoms with Crippen molar-refractivity contribution in [3.63, 3.8) is 0 Å². The lowest BCUT2D eigenvalue weighted by atomic mass is 9.94. The number of hydrogen-bond acceptors (Lipinski definition) is 2. The van der Waals surface area contributed by atoms with Crippen molar-refractivity contribution in [2.75, 3.05) is 0 Å². The molecule has 158 valence electrons. The van der Waals surface area contributed by atoms with Crippen molar-refractivity contribution in [2.24, 2.45) is 5.41 Å². The first-order valence-corrected chi connectivity index (χ1v) is 10.9. The zero-order chi connectivity index (χ0) is 21.6. The highest BCUT2D eigenvalue weighted by molar-refractivity contribution is 5.31. The Bertz CT molecular complexity index is 840. The molecule has 0 N–H and O–H groups in total. The molecule has 2 unspecified atom stereocenters. The molecule has 30 heavy (non-hydrogen) atoms. The molecule has 0 spiro atoms. The smallest absolute Gasteiger partial charge is 0.205 e. The Kier molecular flexibility index (Phi) is 7.33. The second-order valence-electron chi connectivity index (χ2n) is 9.03. The van der Waals surface area contributed by atoms with E-state index in [0.717, 1.165) is 23.3 Å². The van der Waals surface area contributed by atoms with Gasteiger partial charge in [0.05, 0.1) is 0 Å². The summed E-state index contributed by atoms with van der Waals surface area (Å²) in [5, 5.41) is 0. The first kappa shape index (κ1) is 22.1. The van der Waals surface area contributed by atoms with Gasteiger partial charge in [0.1, 0.15) is 11.9 Å². The SMILES string of the molecule is CCC(C)c1ccc(OC(OC(c2ccccc2)c2ccccc2)C(C)(C)C)cc1. The first-order chi connectivity index (χ1) is 14.4. The molecule has 0 saturated heterocycles. The number of benzene rings is 3. The molecule has 0 aliphatic rings. The fourth-order valence-electron chi connectivity index (χ4n) is 3.37. The Morgan fingerprint density at radius 2 is 1.20 bits per heavy atom. The summed E-state index contributed by atoms with van der Waals surface area (Å²) < 4.78 is 13.1. The molecule has 3 aromatic carbocycles. The Labute approximate surface area is 181 Å². The normalized spacial score (nSPS) is 13.8. The van der Waals surface area contributed by atoms with Crippen molar-refractivity contribution >= 4 is 0 Å². The molecule has 0 aromatic heterocycles. The molecule has 2 heteroatoms. The largest absolute Gasteiger partial charge is 0.464 e. The molecule has 2 atom stereocenters. The van der Waals surface area contributed by atoms with Crippen LogP contribution in [-0.2, 0) is 4.74 Å². The lowest BCUT2D eigenvalue weighted by Gasteiger charge is -2.34. The second kappa shape index (κ2) is 9.95. The van der Waals surface area contributed by atoms with Crippen molar-refractivity contribution in [1.82, 2.24) is 0 Å². The minimum atomic E-state index is -0.405. The maximum absolute atomic E-state index is 6.67. The highest BCUT2D eigenvalue weighted by Crippen LogP contribution is 2.34. The van der Waals surface area contributed by atoms with E-state index in [2.05, 4.69) is 107 Å². The molecular weight excluding hydrogens is 368 g/mol. The first-order valence-electron chi connectivity index (χ1n) is 10.9. The van der Waals surface area contributed by atoms with E-state index in [1.807, 2.05) is 12.1 Å². The number of ether oxygens (including phenoxy) is 2. The molecule has 3 rings (SSSR count). The van der Waals surface area contributed by atoms with Crippen molar-refractivity contribution in [2.45, 2.75) is 59.4 Å². The van der Waals surface area contributed by atoms with Crippen LogP contribution in [-0.4, -0.2) is 6.29 Å². The van der Waals surface area contributed by atoms with Gasteiger partial charge in [0, 0.05) is 5.41 Å². The van der Waals surface area contributed by atoms with E-state index in [1.54, 1.807) is 0 Å². The van der Waals surface area contributed by atoms with E-state index in [0.29, 0.717) is 5.92 Å². The summed E-state index contributed by atoms with van der Waals surface area (Å²) in [6, 6.07) is 29.1. The van der Waals surface area contributed by atoms with Crippen LogP contribution in [0.4, 0.5) is 0 Å². The Balaban J connectivity index is 1.87. The van der Waals surface area contributed by atoms with E-state index < -0.39 is 6.29 Å². The maximum Gasteiger partial charge on any atom is 0.205 e. The van der Waals surface area contributed by atoms with Crippen molar-refractivity contribution in [1.29, 1.82) is 0 Å². The van der Waals surface area contributed by atoms with Crippen molar-refractivity contribution < 1.29 is 9.47 Å². The quantitative estimate of drug-likeness (QED) is 0.358. The minimum Gasteiger partial charge on any atom is -0.464 e. The van der Waals surface area contributed by atoms with Gasteiger partial charge >= 0.3 is 0 Å². The Morgan fingerprint density at radius 3 is 1.63 bits per heavy atom. The summed E-state index contributed by atoms with van der Waals surface area (Å²) in [7, 11) is 0. The number of rotatable bonds is 8. The maximum atomic E-state index is 6.67. The molecule has 3 aromatic rings. The van der Waals surface area contributed by atoms with Gasteiger partial charge < -0.3 is 9.47 Å². The Hall–Kier alpha value is -2.58. The highest BCUT2D eigenvalue weighted by Gasteiger charge is 2.31. The minimum absolute atomic E-state index is 0.197. The molecule has 0 saturated carbocycles. The lowest BCUT2D eigenvalue weighted by molar-refractivity contribution is -0.163. The van der Waals surface area contributed by atoms with Gasteiger partial charge in [-0.05, 0) is 41.2 Å². The van der Waals surface area contributed by atoms with Gasteiger partial charge in [0.15, 0.2) is 0 Å². The van der Waals surface area contributed by atoms with Gasteiger partial charge in [-0.15, -0.1) is 0 Å². The summed E-state index contributed by atoms with van der Waals surface area (Å²) in [4.78, 5) is 0. The molecule has 0 bridgehead atoms. The molecule has 0 radical (unpaired) electrons. The lowest BCUT2D eigenvalue weighted by Crippen LogP contribution is -2.36. The van der Waals surface area contributed by atoms with Crippen LogP contribution in [0.15, 0.2) is 84.9 Å². The average Bonchev–Trinajstić information content (AvgIpc) is 2.77. The summed E-state index contributed by atoms with van der Waals surface area (Å²) in [5.74, 6) is 1.39. The van der Waals surface area contributed by atoms with E-state index >= 15 is 0 Å². The molecule has 2 nitrogen and oxygen atoms in total. The van der Waals surface area contributed by atoms with Crippen molar-refractivity contribution in [3.05, 3.63) is 102 Å². The van der Waals surface area contributed by atoms with Crippen LogP contribution < -0.4 is 4.74 Å². The summed E-state index contributed by atoms with van der Waals surface area (Å²) in [6.45, 7) is 10.9. The third-order valence-electron chi connectivity index (χ3n) is 5.48. The molecule has 0 fully saturated rings. The standard InChI is InChI=1S/C28H34O2/c1-6-21(2)22-17-19-25(20-18-22)29-27(28(3,4)5)30-26(23-13-9-7-10-14-23)24-15-11-8-12-16-24/h7-21,26-27H,6H2,1-5H3. The fraction of sp³-hybridized carbons (Fsp3) is 0.357. The molecule has 0 aliphatic heterocycles. The summed E-state index contributed by atoms with van der Waals surface area (Å²) in [6.07, 6.45) is 0.525. The zero-order valence-electron chi connectivity index (χ0n) is 18.8. The van der Waals surface area contributed by atoms with Gasteiger partial charge in [-0.1, -0.05) is 107 Å². The third kappa shape index (κ3) is 5.73. The third-order valence-corrected chi connectivity index (χ3v) is 5.48. The van der Waals surface area contributed by atoms with Crippen LogP contribution in [0, 0.1) is 5.41 Å². The number of hydrogen-bond donors (Lipinski definition) is 0. The van der Waals surface area contributed by atoms with E-state index in [1.165, 1.54) is 5.56 Å². The second-order valence-corrected chi connectivity index (χ2v) is 9.03. The molecular formula is C28H34O2. The molecule has 0 heterocycles. The molecule has 0 aliphatic carbocycles. The average molecular weight is 403 g/mol. The van der Waals surface area contributed by atoms with E-state index in [4.69, 9.17) is 9.47 Å². The van der Waals surface area contributed by atoms with Crippen molar-refractivity contribution in [3.8, 4) is 5.75 Å². The van der Waals surface area contributed by atoms with Gasteiger partial charge in [0.25, 0.3) is 0 Å². The van der Waals surface area contributed by atoms with Gasteiger partial charge in [-0.2, -0.15) is 0 Å². The predicted molar refractivity (Wildman–Crippen MR) is 125 cm³/mol. The zero-order valence-corrected chi connectivity index (χ0v) is 18.8. The fourth-order valence-corrected chi connectivity index (χ4v) is 3.37.